The number of thiophene rings is 1. The van der Waals surface area contributed by atoms with E-state index in [2.05, 4.69) is 5.32 Å². The number of hydrogen-bond acceptors (Lipinski definition) is 5. The Hall–Kier alpha value is -3.00. The largest absolute Gasteiger partial charge is 0.380 e. The van der Waals surface area contributed by atoms with Gasteiger partial charge in [-0.2, -0.15) is 0 Å². The Morgan fingerprint density at radius 1 is 1.00 bits per heavy atom. The van der Waals surface area contributed by atoms with Gasteiger partial charge >= 0.3 is 0 Å². The van der Waals surface area contributed by atoms with Crippen LogP contribution in [0, 0.1) is 0 Å². The average molecular weight is 451 g/mol. The second kappa shape index (κ2) is 10.1. The highest BCUT2D eigenvalue weighted by Gasteiger charge is 2.38. The predicted molar refractivity (Wildman–Crippen MR) is 124 cm³/mol. The molecular weight excluding hydrogens is 424 g/mol. The molecule has 2 aromatic carbocycles. The van der Waals surface area contributed by atoms with Gasteiger partial charge in [-0.3, -0.25) is 9.59 Å². The maximum absolute atomic E-state index is 12.8. The standard InChI is InChI=1S/C25H26N2O4S/c28-22(23(29)25(31)27-14-4-8-20(27)18-6-2-1-3-7-18)24(30)26-16-17-10-12-19(13-11-17)21-9-5-15-32-21/h1-3,5-7,9-13,15,20,22-23,28-29H,4,8,14,16H2,(H,26,30)/t20-,22-,23-/m1/s1. The van der Waals surface area contributed by atoms with E-state index in [1.165, 1.54) is 0 Å². The summed E-state index contributed by atoms with van der Waals surface area (Å²) < 4.78 is 0. The molecule has 1 fully saturated rings. The van der Waals surface area contributed by atoms with Crippen molar-refractivity contribution in [2.45, 2.75) is 37.6 Å². The summed E-state index contributed by atoms with van der Waals surface area (Å²) in [6.45, 7) is 0.679. The molecule has 166 valence electrons. The van der Waals surface area contributed by atoms with Gasteiger partial charge in [0, 0.05) is 18.0 Å². The molecule has 0 unspecified atom stereocenters. The fraction of sp³-hybridized carbons (Fsp3) is 0.280. The highest BCUT2D eigenvalue weighted by atomic mass is 32.1. The summed E-state index contributed by atoms with van der Waals surface area (Å²) in [6, 6.07) is 21.2. The first-order valence-electron chi connectivity index (χ1n) is 10.7. The van der Waals surface area contributed by atoms with Gasteiger partial charge in [-0.05, 0) is 41.0 Å². The van der Waals surface area contributed by atoms with Gasteiger partial charge in [0.1, 0.15) is 0 Å². The van der Waals surface area contributed by atoms with Crippen molar-refractivity contribution >= 4 is 23.2 Å². The highest BCUT2D eigenvalue weighted by molar-refractivity contribution is 7.13. The Labute approximate surface area is 191 Å². The summed E-state index contributed by atoms with van der Waals surface area (Å²) in [7, 11) is 0. The number of nitrogens with one attached hydrogen (secondary N) is 1. The van der Waals surface area contributed by atoms with E-state index < -0.39 is 24.0 Å². The number of rotatable bonds is 7. The minimum atomic E-state index is -1.83. The van der Waals surface area contributed by atoms with Crippen LogP contribution in [0.4, 0.5) is 0 Å². The third-order valence-corrected chi connectivity index (χ3v) is 6.69. The quantitative estimate of drug-likeness (QED) is 0.516. The van der Waals surface area contributed by atoms with Gasteiger partial charge in [-0.25, -0.2) is 0 Å². The van der Waals surface area contributed by atoms with Crippen molar-refractivity contribution in [3.8, 4) is 10.4 Å². The fourth-order valence-electron chi connectivity index (χ4n) is 4.02. The molecule has 0 radical (unpaired) electrons. The maximum atomic E-state index is 12.8. The summed E-state index contributed by atoms with van der Waals surface area (Å²) in [5, 5.41) is 25.4. The molecule has 1 aliphatic heterocycles. The van der Waals surface area contributed by atoms with Crippen molar-refractivity contribution in [2.75, 3.05) is 6.54 Å². The van der Waals surface area contributed by atoms with Gasteiger partial charge in [0.2, 0.25) is 0 Å². The van der Waals surface area contributed by atoms with E-state index in [4.69, 9.17) is 0 Å². The topological polar surface area (TPSA) is 89.9 Å². The monoisotopic (exact) mass is 450 g/mol. The molecule has 3 atom stereocenters. The van der Waals surface area contributed by atoms with Crippen molar-refractivity contribution in [3.63, 3.8) is 0 Å². The minimum Gasteiger partial charge on any atom is -0.380 e. The normalized spacial score (nSPS) is 17.7. The molecule has 1 aliphatic rings. The fourth-order valence-corrected chi connectivity index (χ4v) is 4.76. The van der Waals surface area contributed by atoms with Crippen LogP contribution in [0.5, 0.6) is 0 Å². The van der Waals surface area contributed by atoms with Gasteiger partial charge < -0.3 is 20.4 Å². The molecule has 0 saturated carbocycles. The number of aliphatic hydroxyl groups excluding tert-OH is 2. The number of nitrogens with zero attached hydrogens (tertiary/aromatic N) is 1. The SMILES string of the molecule is O=C(NCc1ccc(-c2cccs2)cc1)[C@H](O)[C@@H](O)C(=O)N1CCC[C@@H]1c1ccccc1. The Morgan fingerprint density at radius 3 is 2.44 bits per heavy atom. The zero-order valence-corrected chi connectivity index (χ0v) is 18.4. The van der Waals surface area contributed by atoms with E-state index in [1.807, 2.05) is 72.1 Å². The Balaban J connectivity index is 1.33. The van der Waals surface area contributed by atoms with Crippen molar-refractivity contribution in [1.82, 2.24) is 10.2 Å². The molecule has 2 amide bonds. The summed E-state index contributed by atoms with van der Waals surface area (Å²) in [4.78, 5) is 27.9. The first kappa shape index (κ1) is 22.2. The summed E-state index contributed by atoms with van der Waals surface area (Å²) in [5.41, 5.74) is 2.93. The van der Waals surface area contributed by atoms with Crippen LogP contribution in [0.15, 0.2) is 72.1 Å². The van der Waals surface area contributed by atoms with Crippen LogP contribution in [0.2, 0.25) is 0 Å². The van der Waals surface area contributed by atoms with Crippen LogP contribution in [-0.2, 0) is 16.1 Å². The highest BCUT2D eigenvalue weighted by Crippen LogP contribution is 2.32. The lowest BCUT2D eigenvalue weighted by Crippen LogP contribution is -2.50. The summed E-state index contributed by atoms with van der Waals surface area (Å²) in [5.74, 6) is -1.40. The van der Waals surface area contributed by atoms with Crippen LogP contribution in [-0.4, -0.2) is 45.7 Å². The Morgan fingerprint density at radius 2 is 1.75 bits per heavy atom. The Kier molecular flexibility index (Phi) is 6.99. The van der Waals surface area contributed by atoms with Gasteiger partial charge in [-0.1, -0.05) is 60.7 Å². The zero-order valence-electron chi connectivity index (χ0n) is 17.6. The van der Waals surface area contributed by atoms with Crippen LogP contribution in [0.3, 0.4) is 0 Å². The Bertz CT molecular complexity index is 1040. The number of aliphatic hydroxyl groups is 2. The number of hydrogen-bond donors (Lipinski definition) is 3. The molecule has 0 aliphatic carbocycles. The number of likely N-dealkylation sites (tertiary alicyclic amines) is 1. The van der Waals surface area contributed by atoms with Gasteiger partial charge in [-0.15, -0.1) is 11.3 Å². The third kappa shape index (κ3) is 4.91. The molecule has 0 spiro atoms. The minimum absolute atomic E-state index is 0.157. The molecule has 7 heteroatoms. The lowest BCUT2D eigenvalue weighted by molar-refractivity contribution is -0.153. The van der Waals surface area contributed by atoms with Crippen LogP contribution in [0.25, 0.3) is 10.4 Å². The molecule has 32 heavy (non-hydrogen) atoms. The molecule has 4 rings (SSSR count). The lowest BCUT2D eigenvalue weighted by atomic mass is 10.0. The smallest absolute Gasteiger partial charge is 0.255 e. The number of benzene rings is 2. The van der Waals surface area contributed by atoms with Gasteiger partial charge in [0.25, 0.3) is 11.8 Å². The van der Waals surface area contributed by atoms with Crippen molar-refractivity contribution in [3.05, 3.63) is 83.2 Å². The van der Waals surface area contributed by atoms with Crippen LogP contribution < -0.4 is 5.32 Å². The van der Waals surface area contributed by atoms with E-state index >= 15 is 0 Å². The van der Waals surface area contributed by atoms with E-state index in [0.717, 1.165) is 34.4 Å². The molecule has 0 bridgehead atoms. The molecule has 3 N–H and O–H groups in total. The van der Waals surface area contributed by atoms with E-state index in [1.54, 1.807) is 16.2 Å². The van der Waals surface area contributed by atoms with E-state index in [0.29, 0.717) is 6.54 Å². The van der Waals surface area contributed by atoms with Crippen LogP contribution >= 0.6 is 11.3 Å². The molecule has 2 heterocycles. The van der Waals surface area contributed by atoms with Gasteiger partial charge in [0.05, 0.1) is 6.04 Å². The first-order chi connectivity index (χ1) is 15.5. The number of carbonyl (C=O) groups is 2. The third-order valence-electron chi connectivity index (χ3n) is 5.77. The maximum Gasteiger partial charge on any atom is 0.255 e. The summed E-state index contributed by atoms with van der Waals surface area (Å²) in [6.07, 6.45) is -2.04. The van der Waals surface area contributed by atoms with Crippen LogP contribution in [0.1, 0.15) is 30.0 Å². The second-order valence-corrected chi connectivity index (χ2v) is 8.83. The molecular formula is C25H26N2O4S. The van der Waals surface area contributed by atoms with Crippen molar-refractivity contribution in [2.24, 2.45) is 0 Å². The predicted octanol–water partition coefficient (Wildman–Crippen LogP) is 3.12. The molecule has 1 saturated heterocycles. The average Bonchev–Trinajstić information content (AvgIpc) is 3.54. The second-order valence-electron chi connectivity index (χ2n) is 7.88. The number of carbonyl (C=O) groups excluding carboxylic acids is 2. The lowest BCUT2D eigenvalue weighted by Gasteiger charge is -2.28. The van der Waals surface area contributed by atoms with E-state index in [9.17, 15) is 19.8 Å². The molecule has 1 aromatic heterocycles. The zero-order chi connectivity index (χ0) is 22.5. The van der Waals surface area contributed by atoms with Gasteiger partial charge in [0.15, 0.2) is 12.2 Å². The van der Waals surface area contributed by atoms with Crippen molar-refractivity contribution in [1.29, 1.82) is 0 Å². The van der Waals surface area contributed by atoms with Crippen molar-refractivity contribution < 1.29 is 19.8 Å². The van der Waals surface area contributed by atoms with E-state index in [-0.39, 0.29) is 12.6 Å². The number of amides is 2. The molecule has 6 nitrogen and oxygen atoms in total. The molecule has 3 aromatic rings. The summed E-state index contributed by atoms with van der Waals surface area (Å²) >= 11 is 1.65. The first-order valence-corrected chi connectivity index (χ1v) is 11.5.